The van der Waals surface area contributed by atoms with Crippen molar-refractivity contribution in [3.8, 4) is 6.07 Å². The Morgan fingerprint density at radius 2 is 2.16 bits per heavy atom. The minimum Gasteiger partial charge on any atom is -0.384 e. The molecule has 2 saturated heterocycles. The van der Waals surface area contributed by atoms with Gasteiger partial charge >= 0.3 is 6.18 Å². The lowest BCUT2D eigenvalue weighted by atomic mass is 9.73. The van der Waals surface area contributed by atoms with Crippen LogP contribution in [0.3, 0.4) is 0 Å². The normalized spacial score (nSPS) is 23.0. The number of piperidine rings is 1. The summed E-state index contributed by atoms with van der Waals surface area (Å²) in [4.78, 5) is 24.5. The number of hydrogen-bond acceptors (Lipinski definition) is 6. The molecule has 7 nitrogen and oxygen atoms in total. The van der Waals surface area contributed by atoms with Gasteiger partial charge in [-0.05, 0) is 24.6 Å². The van der Waals surface area contributed by atoms with E-state index < -0.39 is 17.3 Å². The number of ether oxygens (including phenoxy) is 1. The summed E-state index contributed by atoms with van der Waals surface area (Å²) in [6, 6.07) is 5.42. The van der Waals surface area contributed by atoms with Crippen molar-refractivity contribution >= 4 is 11.6 Å². The molecule has 0 saturated carbocycles. The molecule has 2 aliphatic rings. The lowest BCUT2D eigenvalue weighted by Crippen LogP contribution is -2.51. The van der Waals surface area contributed by atoms with Gasteiger partial charge in [0, 0.05) is 62.7 Å². The van der Waals surface area contributed by atoms with Crippen LogP contribution in [-0.2, 0) is 10.9 Å². The smallest absolute Gasteiger partial charge is 0.384 e. The van der Waals surface area contributed by atoms with Crippen LogP contribution in [-0.4, -0.2) is 60.7 Å². The van der Waals surface area contributed by atoms with E-state index in [-0.39, 0.29) is 22.9 Å². The highest BCUT2D eigenvalue weighted by atomic mass is 19.4. The zero-order chi connectivity index (χ0) is 22.9. The molecule has 1 aromatic carbocycles. The first-order chi connectivity index (χ1) is 15.3. The molecule has 2 unspecified atom stereocenters. The molecule has 0 aliphatic carbocycles. The summed E-state index contributed by atoms with van der Waals surface area (Å²) >= 11 is 0. The summed E-state index contributed by atoms with van der Waals surface area (Å²) in [6.45, 7) is 2.41. The third-order valence-electron chi connectivity index (χ3n) is 6.43. The maximum Gasteiger partial charge on any atom is 0.417 e. The van der Waals surface area contributed by atoms with Gasteiger partial charge in [0.2, 0.25) is 0 Å². The monoisotopic (exact) mass is 445 g/mol. The summed E-state index contributed by atoms with van der Waals surface area (Å²) in [5.41, 5.74) is -0.936. The second-order valence-corrected chi connectivity index (χ2v) is 8.30. The van der Waals surface area contributed by atoms with Gasteiger partial charge in [0.25, 0.3) is 5.91 Å². The molecule has 1 aromatic heterocycles. The van der Waals surface area contributed by atoms with Crippen LogP contribution >= 0.6 is 0 Å². The van der Waals surface area contributed by atoms with Crippen LogP contribution in [0.25, 0.3) is 0 Å². The predicted molar refractivity (Wildman–Crippen MR) is 109 cm³/mol. The molecule has 32 heavy (non-hydrogen) atoms. The van der Waals surface area contributed by atoms with Crippen molar-refractivity contribution in [2.45, 2.75) is 12.6 Å². The van der Waals surface area contributed by atoms with E-state index in [0.717, 1.165) is 6.07 Å². The van der Waals surface area contributed by atoms with E-state index >= 15 is 0 Å². The number of amides is 1. The Morgan fingerprint density at radius 3 is 2.81 bits per heavy atom. The number of rotatable bonds is 4. The standard InChI is InChI=1S/C22H22F3N5O2/c1-32-14-21-4-7-29(20(31)19-10-27-5-6-28-19)11-16(21)12-30(13-21)17-3-2-15(9-26)18(8-17)22(23,24)25/h2-3,5-6,8,10,16H,4,7,11-14H2,1H3. The van der Waals surface area contributed by atoms with Crippen LogP contribution < -0.4 is 4.90 Å². The molecule has 2 aromatic rings. The number of nitriles is 1. The Bertz CT molecular complexity index is 1040. The van der Waals surface area contributed by atoms with E-state index in [1.54, 1.807) is 24.1 Å². The quantitative estimate of drug-likeness (QED) is 0.720. The third kappa shape index (κ3) is 4.00. The van der Waals surface area contributed by atoms with E-state index in [1.807, 2.05) is 4.90 Å². The minimum atomic E-state index is -4.61. The Hall–Kier alpha value is -3.19. The largest absolute Gasteiger partial charge is 0.417 e. The molecule has 0 N–H and O–H groups in total. The van der Waals surface area contributed by atoms with Gasteiger partial charge in [0.05, 0.1) is 30.0 Å². The van der Waals surface area contributed by atoms with Gasteiger partial charge in [-0.25, -0.2) is 4.98 Å². The van der Waals surface area contributed by atoms with Crippen molar-refractivity contribution in [1.29, 1.82) is 5.26 Å². The van der Waals surface area contributed by atoms with Crippen molar-refractivity contribution in [3.05, 3.63) is 53.6 Å². The van der Waals surface area contributed by atoms with Gasteiger partial charge in [-0.2, -0.15) is 18.4 Å². The minimum absolute atomic E-state index is 0.0156. The van der Waals surface area contributed by atoms with Crippen LogP contribution in [0.5, 0.6) is 0 Å². The van der Waals surface area contributed by atoms with E-state index in [4.69, 9.17) is 10.00 Å². The number of aromatic nitrogens is 2. The number of carbonyl (C=O) groups is 1. The molecule has 0 bridgehead atoms. The van der Waals surface area contributed by atoms with Crippen LogP contribution in [0.1, 0.15) is 28.0 Å². The molecule has 4 rings (SSSR count). The fraction of sp³-hybridized carbons (Fsp3) is 0.455. The lowest BCUT2D eigenvalue weighted by Gasteiger charge is -2.42. The second kappa shape index (κ2) is 8.39. The van der Waals surface area contributed by atoms with E-state index in [9.17, 15) is 18.0 Å². The highest BCUT2D eigenvalue weighted by Gasteiger charge is 2.50. The number of carbonyl (C=O) groups excluding carboxylic acids is 1. The van der Waals surface area contributed by atoms with Crippen molar-refractivity contribution in [3.63, 3.8) is 0 Å². The molecule has 0 spiro atoms. The lowest BCUT2D eigenvalue weighted by molar-refractivity contribution is -0.137. The molecule has 168 valence electrons. The number of alkyl halides is 3. The van der Waals surface area contributed by atoms with Gasteiger partial charge in [-0.1, -0.05) is 0 Å². The maximum atomic E-state index is 13.5. The highest BCUT2D eigenvalue weighted by molar-refractivity contribution is 5.92. The first-order valence-electron chi connectivity index (χ1n) is 10.2. The topological polar surface area (TPSA) is 82.3 Å². The summed E-state index contributed by atoms with van der Waals surface area (Å²) in [7, 11) is 1.61. The number of fused-ring (bicyclic) bond motifs is 1. The first kappa shape index (κ1) is 22.0. The summed E-state index contributed by atoms with van der Waals surface area (Å²) < 4.78 is 45.8. The molecular formula is C22H22F3N5O2. The second-order valence-electron chi connectivity index (χ2n) is 8.30. The number of methoxy groups -OCH3 is 1. The van der Waals surface area contributed by atoms with Gasteiger partial charge < -0.3 is 14.5 Å². The number of benzene rings is 1. The summed E-state index contributed by atoms with van der Waals surface area (Å²) in [6.07, 6.45) is 0.439. The zero-order valence-electron chi connectivity index (χ0n) is 17.5. The SMILES string of the molecule is COCC12CCN(C(=O)c3cnccn3)CC1CN(c1ccc(C#N)c(C(F)(F)F)c1)C2. The van der Waals surface area contributed by atoms with Crippen LogP contribution in [0, 0.1) is 22.7 Å². The average molecular weight is 445 g/mol. The molecule has 3 heterocycles. The van der Waals surface area contributed by atoms with Gasteiger partial charge in [-0.3, -0.25) is 9.78 Å². The molecule has 1 amide bonds. The first-order valence-corrected chi connectivity index (χ1v) is 10.2. The Labute approximate surface area is 183 Å². The maximum absolute atomic E-state index is 13.5. The molecular weight excluding hydrogens is 423 g/mol. The summed E-state index contributed by atoms with van der Waals surface area (Å²) in [5.74, 6) is -0.193. The van der Waals surface area contributed by atoms with Gasteiger partial charge in [0.15, 0.2) is 0 Å². The number of nitrogens with zero attached hydrogens (tertiary/aromatic N) is 5. The zero-order valence-corrected chi connectivity index (χ0v) is 17.5. The average Bonchev–Trinajstić information content (AvgIpc) is 3.17. The highest BCUT2D eigenvalue weighted by Crippen LogP contribution is 2.45. The number of hydrogen-bond donors (Lipinski definition) is 0. The van der Waals surface area contributed by atoms with E-state index in [0.29, 0.717) is 44.9 Å². The predicted octanol–water partition coefficient (Wildman–Crippen LogP) is 2.98. The molecule has 2 fully saturated rings. The van der Waals surface area contributed by atoms with E-state index in [1.165, 1.54) is 24.7 Å². The third-order valence-corrected chi connectivity index (χ3v) is 6.43. The van der Waals surface area contributed by atoms with Crippen molar-refractivity contribution < 1.29 is 22.7 Å². The Morgan fingerprint density at radius 1 is 1.34 bits per heavy atom. The van der Waals surface area contributed by atoms with E-state index in [2.05, 4.69) is 9.97 Å². The van der Waals surface area contributed by atoms with Crippen molar-refractivity contribution in [2.75, 3.05) is 44.8 Å². The Balaban J connectivity index is 1.59. The van der Waals surface area contributed by atoms with Crippen LogP contribution in [0.2, 0.25) is 0 Å². The molecule has 2 atom stereocenters. The Kier molecular flexibility index (Phi) is 5.77. The molecule has 0 radical (unpaired) electrons. The van der Waals surface area contributed by atoms with Gasteiger partial charge in [-0.15, -0.1) is 0 Å². The fourth-order valence-electron chi connectivity index (χ4n) is 4.82. The van der Waals surface area contributed by atoms with Crippen molar-refractivity contribution in [2.24, 2.45) is 11.3 Å². The van der Waals surface area contributed by atoms with Crippen LogP contribution in [0.4, 0.5) is 18.9 Å². The number of halogens is 3. The fourth-order valence-corrected chi connectivity index (χ4v) is 4.82. The number of likely N-dealkylation sites (tertiary alicyclic amines) is 1. The van der Waals surface area contributed by atoms with Gasteiger partial charge in [0.1, 0.15) is 5.69 Å². The van der Waals surface area contributed by atoms with Crippen molar-refractivity contribution in [1.82, 2.24) is 14.9 Å². The molecule has 10 heteroatoms. The summed E-state index contributed by atoms with van der Waals surface area (Å²) in [5, 5.41) is 9.07. The van der Waals surface area contributed by atoms with Crippen LogP contribution in [0.15, 0.2) is 36.8 Å². The number of anilines is 1. The molecule has 2 aliphatic heterocycles.